The Balaban J connectivity index is 2.60. The quantitative estimate of drug-likeness (QED) is 0.599. The van der Waals surface area contributed by atoms with E-state index >= 15 is 0 Å². The van der Waals surface area contributed by atoms with Gasteiger partial charge in [0.2, 0.25) is 5.88 Å². The first kappa shape index (κ1) is 15.3. The second kappa shape index (κ2) is 7.01. The van der Waals surface area contributed by atoms with Crippen LogP contribution in [0.15, 0.2) is 4.99 Å². The van der Waals surface area contributed by atoms with Gasteiger partial charge in [-0.1, -0.05) is 13.8 Å². The molecule has 1 aromatic rings. The number of nitrogens with two attached hydrogens (primary N) is 1. The van der Waals surface area contributed by atoms with E-state index in [0.717, 1.165) is 30.1 Å². The molecule has 0 aliphatic heterocycles. The van der Waals surface area contributed by atoms with E-state index in [1.807, 2.05) is 14.0 Å². The van der Waals surface area contributed by atoms with Gasteiger partial charge >= 0.3 is 0 Å². The van der Waals surface area contributed by atoms with Gasteiger partial charge in [0.25, 0.3) is 0 Å². The van der Waals surface area contributed by atoms with Crippen molar-refractivity contribution in [3.05, 3.63) is 11.3 Å². The second-order valence-electron chi connectivity index (χ2n) is 5.01. The molecule has 1 rings (SSSR count). The SMILES string of the molecule is COc1c(CN=C(N)NCCC(C)C)c(C)nn1C. The smallest absolute Gasteiger partial charge is 0.216 e. The third kappa shape index (κ3) is 4.46. The van der Waals surface area contributed by atoms with Crippen molar-refractivity contribution < 1.29 is 4.74 Å². The lowest BCUT2D eigenvalue weighted by Crippen LogP contribution is -2.32. The molecule has 19 heavy (non-hydrogen) atoms. The predicted molar refractivity (Wildman–Crippen MR) is 77.3 cm³/mol. The molecule has 0 fully saturated rings. The normalized spacial score (nSPS) is 12.0. The zero-order valence-electron chi connectivity index (χ0n) is 12.5. The summed E-state index contributed by atoms with van der Waals surface area (Å²) in [6.07, 6.45) is 1.07. The highest BCUT2D eigenvalue weighted by molar-refractivity contribution is 5.77. The van der Waals surface area contributed by atoms with Crippen molar-refractivity contribution in [1.29, 1.82) is 0 Å². The van der Waals surface area contributed by atoms with E-state index in [9.17, 15) is 0 Å². The van der Waals surface area contributed by atoms with Crippen LogP contribution in [-0.2, 0) is 13.6 Å². The highest BCUT2D eigenvalue weighted by atomic mass is 16.5. The molecule has 3 N–H and O–H groups in total. The minimum absolute atomic E-state index is 0.464. The molecule has 1 aromatic heterocycles. The van der Waals surface area contributed by atoms with Crippen LogP contribution >= 0.6 is 0 Å². The highest BCUT2D eigenvalue weighted by Crippen LogP contribution is 2.21. The lowest BCUT2D eigenvalue weighted by molar-refractivity contribution is 0.369. The van der Waals surface area contributed by atoms with E-state index in [1.165, 1.54) is 0 Å². The van der Waals surface area contributed by atoms with Crippen LogP contribution in [0.5, 0.6) is 5.88 Å². The third-order valence-electron chi connectivity index (χ3n) is 2.92. The van der Waals surface area contributed by atoms with Gasteiger partial charge in [0.1, 0.15) is 0 Å². The number of rotatable bonds is 6. The van der Waals surface area contributed by atoms with E-state index in [4.69, 9.17) is 10.5 Å². The van der Waals surface area contributed by atoms with Crippen LogP contribution in [0.2, 0.25) is 0 Å². The lowest BCUT2D eigenvalue weighted by Gasteiger charge is -2.07. The van der Waals surface area contributed by atoms with Crippen molar-refractivity contribution in [1.82, 2.24) is 15.1 Å². The van der Waals surface area contributed by atoms with E-state index in [0.29, 0.717) is 18.4 Å². The molecule has 0 saturated carbocycles. The summed E-state index contributed by atoms with van der Waals surface area (Å²) in [6.45, 7) is 7.62. The Bertz CT molecular complexity index is 436. The summed E-state index contributed by atoms with van der Waals surface area (Å²) in [5, 5.41) is 7.41. The fraction of sp³-hybridized carbons (Fsp3) is 0.692. The number of hydrogen-bond donors (Lipinski definition) is 2. The van der Waals surface area contributed by atoms with E-state index in [2.05, 4.69) is 29.3 Å². The maximum atomic E-state index is 5.83. The summed E-state index contributed by atoms with van der Waals surface area (Å²) in [6, 6.07) is 0. The monoisotopic (exact) mass is 267 g/mol. The van der Waals surface area contributed by atoms with E-state index in [-0.39, 0.29) is 0 Å². The zero-order valence-corrected chi connectivity index (χ0v) is 12.5. The van der Waals surface area contributed by atoms with Crippen LogP contribution in [0, 0.1) is 12.8 Å². The predicted octanol–water partition coefficient (Wildman–Crippen LogP) is 1.19. The van der Waals surface area contributed by atoms with Gasteiger partial charge < -0.3 is 15.8 Å². The summed E-state index contributed by atoms with van der Waals surface area (Å²) in [4.78, 5) is 4.32. The van der Waals surface area contributed by atoms with Gasteiger partial charge in [0.05, 0.1) is 24.9 Å². The molecule has 6 heteroatoms. The first-order valence-corrected chi connectivity index (χ1v) is 6.56. The molecule has 0 bridgehead atoms. The average Bonchev–Trinajstić information content (AvgIpc) is 2.60. The molecular weight excluding hydrogens is 242 g/mol. The fourth-order valence-corrected chi connectivity index (χ4v) is 1.83. The standard InChI is InChI=1S/C13H25N5O/c1-9(2)6-7-15-13(14)16-8-11-10(3)17-18(4)12(11)19-5/h9H,6-8H2,1-5H3,(H3,14,15,16). The summed E-state index contributed by atoms with van der Waals surface area (Å²) < 4.78 is 7.02. The first-order chi connectivity index (χ1) is 8.95. The van der Waals surface area contributed by atoms with Crippen LogP contribution in [0.1, 0.15) is 31.5 Å². The first-order valence-electron chi connectivity index (χ1n) is 6.56. The van der Waals surface area contributed by atoms with Crippen LogP contribution in [0.4, 0.5) is 0 Å². The Morgan fingerprint density at radius 3 is 2.79 bits per heavy atom. The number of guanidine groups is 1. The van der Waals surface area contributed by atoms with Crippen molar-refractivity contribution in [2.75, 3.05) is 13.7 Å². The third-order valence-corrected chi connectivity index (χ3v) is 2.92. The molecular formula is C13H25N5O. The van der Waals surface area contributed by atoms with Gasteiger partial charge in [-0.3, -0.25) is 0 Å². The summed E-state index contributed by atoms with van der Waals surface area (Å²) in [7, 11) is 3.48. The second-order valence-corrected chi connectivity index (χ2v) is 5.01. The number of aromatic nitrogens is 2. The number of ether oxygens (including phenoxy) is 1. The molecule has 0 aromatic carbocycles. The highest BCUT2D eigenvalue weighted by Gasteiger charge is 2.12. The van der Waals surface area contributed by atoms with Crippen LogP contribution in [0.3, 0.4) is 0 Å². The molecule has 0 radical (unpaired) electrons. The Kier molecular flexibility index (Phi) is 5.66. The Hall–Kier alpha value is -1.72. The van der Waals surface area contributed by atoms with Crippen molar-refractivity contribution >= 4 is 5.96 Å². The van der Waals surface area contributed by atoms with Gasteiger partial charge in [-0.15, -0.1) is 0 Å². The fourth-order valence-electron chi connectivity index (χ4n) is 1.83. The van der Waals surface area contributed by atoms with Crippen molar-refractivity contribution in [2.45, 2.75) is 33.7 Å². The molecule has 1 heterocycles. The summed E-state index contributed by atoms with van der Waals surface area (Å²) in [5.74, 6) is 1.85. The maximum absolute atomic E-state index is 5.83. The van der Waals surface area contributed by atoms with Gasteiger partial charge in [-0.05, 0) is 19.3 Å². The molecule has 0 unspecified atom stereocenters. The molecule has 6 nitrogen and oxygen atoms in total. The molecule has 0 aliphatic rings. The number of nitrogens with one attached hydrogen (secondary N) is 1. The molecule has 108 valence electrons. The molecule has 0 spiro atoms. The van der Waals surface area contributed by atoms with Crippen LogP contribution in [0.25, 0.3) is 0 Å². The number of methoxy groups -OCH3 is 1. The molecule has 0 saturated heterocycles. The molecule has 0 amide bonds. The molecule has 0 atom stereocenters. The number of aliphatic imine (C=N–C) groups is 1. The minimum Gasteiger partial charge on any atom is -0.481 e. The van der Waals surface area contributed by atoms with Crippen molar-refractivity contribution in [3.8, 4) is 5.88 Å². The van der Waals surface area contributed by atoms with Gasteiger partial charge in [0.15, 0.2) is 5.96 Å². The summed E-state index contributed by atoms with van der Waals surface area (Å²) >= 11 is 0. The molecule has 0 aliphatic carbocycles. The van der Waals surface area contributed by atoms with Gasteiger partial charge in [0, 0.05) is 13.6 Å². The zero-order chi connectivity index (χ0) is 14.4. The van der Waals surface area contributed by atoms with Crippen molar-refractivity contribution in [2.24, 2.45) is 23.7 Å². The van der Waals surface area contributed by atoms with Gasteiger partial charge in [-0.2, -0.15) is 5.10 Å². The Labute approximate surface area is 115 Å². The number of hydrogen-bond acceptors (Lipinski definition) is 3. The number of nitrogens with zero attached hydrogens (tertiary/aromatic N) is 3. The largest absolute Gasteiger partial charge is 0.481 e. The topological polar surface area (TPSA) is 77.5 Å². The average molecular weight is 267 g/mol. The summed E-state index contributed by atoms with van der Waals surface area (Å²) in [5.41, 5.74) is 7.71. The van der Waals surface area contributed by atoms with E-state index in [1.54, 1.807) is 11.8 Å². The number of aryl methyl sites for hydroxylation is 2. The van der Waals surface area contributed by atoms with Crippen LogP contribution < -0.4 is 15.8 Å². The lowest BCUT2D eigenvalue weighted by atomic mass is 10.1. The minimum atomic E-state index is 0.464. The van der Waals surface area contributed by atoms with Gasteiger partial charge in [-0.25, -0.2) is 9.67 Å². The van der Waals surface area contributed by atoms with Crippen LogP contribution in [-0.4, -0.2) is 29.4 Å². The van der Waals surface area contributed by atoms with Crippen molar-refractivity contribution in [3.63, 3.8) is 0 Å². The Morgan fingerprint density at radius 1 is 1.53 bits per heavy atom. The Morgan fingerprint density at radius 2 is 2.21 bits per heavy atom. The van der Waals surface area contributed by atoms with E-state index < -0.39 is 0 Å². The maximum Gasteiger partial charge on any atom is 0.216 e.